The van der Waals surface area contributed by atoms with Crippen molar-refractivity contribution >= 4 is 32.7 Å². The van der Waals surface area contributed by atoms with Crippen molar-refractivity contribution < 1.29 is 4.79 Å². The van der Waals surface area contributed by atoms with Gasteiger partial charge in [-0.25, -0.2) is 0 Å². The number of rotatable bonds is 3. The maximum Gasteiger partial charge on any atom is 0.168 e. The third-order valence-electron chi connectivity index (χ3n) is 2.92. The zero-order valence-corrected chi connectivity index (χ0v) is 12.0. The van der Waals surface area contributed by atoms with Crippen molar-refractivity contribution in [3.8, 4) is 0 Å². The van der Waals surface area contributed by atoms with Gasteiger partial charge in [-0.2, -0.15) is 0 Å². The summed E-state index contributed by atoms with van der Waals surface area (Å²) in [4.78, 5) is 24.8. The monoisotopic (exact) mass is 327 g/mol. The van der Waals surface area contributed by atoms with Crippen LogP contribution >= 0.6 is 15.9 Å². The lowest BCUT2D eigenvalue weighted by atomic mass is 10.1. The fourth-order valence-corrected chi connectivity index (χ4v) is 2.15. The number of halogens is 1. The average molecular weight is 328 g/mol. The molecule has 0 spiro atoms. The number of benzene rings is 1. The molecule has 3 aromatic rings. The highest BCUT2D eigenvalue weighted by Crippen LogP contribution is 2.14. The lowest BCUT2D eigenvalue weighted by Crippen LogP contribution is -2.05. The largest absolute Gasteiger partial charge is 0.294 e. The fraction of sp³-hybridized carbons (Fsp3) is 0.0667. The van der Waals surface area contributed by atoms with Gasteiger partial charge in [0, 0.05) is 34.3 Å². The summed E-state index contributed by atoms with van der Waals surface area (Å²) in [6.07, 6.45) is 5.22. The van der Waals surface area contributed by atoms with E-state index >= 15 is 0 Å². The number of fused-ring (bicyclic) bond motifs is 1. The van der Waals surface area contributed by atoms with E-state index in [1.165, 1.54) is 0 Å². The van der Waals surface area contributed by atoms with Gasteiger partial charge in [-0.1, -0.05) is 0 Å². The van der Waals surface area contributed by atoms with Gasteiger partial charge in [-0.05, 0) is 46.3 Å². The van der Waals surface area contributed by atoms with Gasteiger partial charge in [0.05, 0.1) is 17.5 Å². The van der Waals surface area contributed by atoms with Crippen LogP contribution in [0.15, 0.2) is 53.4 Å². The molecule has 0 radical (unpaired) electrons. The number of nitrogens with zero attached hydrogens (tertiary/aromatic N) is 3. The molecule has 5 heteroatoms. The molecule has 0 atom stereocenters. The third-order valence-corrected chi connectivity index (χ3v) is 3.39. The molecule has 0 bridgehead atoms. The Morgan fingerprint density at radius 1 is 1.00 bits per heavy atom. The molecule has 0 N–H and O–H groups in total. The number of pyridine rings is 1. The van der Waals surface area contributed by atoms with Crippen LogP contribution in [0.25, 0.3) is 11.0 Å². The summed E-state index contributed by atoms with van der Waals surface area (Å²) in [5, 5.41) is 0. The van der Waals surface area contributed by atoms with Gasteiger partial charge in [0.15, 0.2) is 5.78 Å². The van der Waals surface area contributed by atoms with Crippen molar-refractivity contribution in [3.63, 3.8) is 0 Å². The molecule has 1 aromatic carbocycles. The minimum Gasteiger partial charge on any atom is -0.294 e. The molecule has 2 heterocycles. The van der Waals surface area contributed by atoms with Crippen LogP contribution in [0, 0.1) is 0 Å². The second-order valence-electron chi connectivity index (χ2n) is 4.33. The van der Waals surface area contributed by atoms with Crippen LogP contribution in [0.5, 0.6) is 0 Å². The molecule has 3 rings (SSSR count). The van der Waals surface area contributed by atoms with Gasteiger partial charge < -0.3 is 0 Å². The van der Waals surface area contributed by atoms with Gasteiger partial charge >= 0.3 is 0 Å². The van der Waals surface area contributed by atoms with Crippen molar-refractivity contribution in [1.82, 2.24) is 15.0 Å². The molecule has 98 valence electrons. The van der Waals surface area contributed by atoms with E-state index in [1.54, 1.807) is 30.7 Å². The Kier molecular flexibility index (Phi) is 3.52. The molecule has 0 aliphatic carbocycles. The molecule has 0 aliphatic heterocycles. The summed E-state index contributed by atoms with van der Waals surface area (Å²) in [6.45, 7) is 0. The average Bonchev–Trinajstić information content (AvgIpc) is 2.49. The summed E-state index contributed by atoms with van der Waals surface area (Å²) in [7, 11) is 0. The molecule has 0 aliphatic rings. The Bertz CT molecular complexity index is 771. The Morgan fingerprint density at radius 2 is 1.80 bits per heavy atom. The highest BCUT2D eigenvalue weighted by atomic mass is 79.9. The summed E-state index contributed by atoms with van der Waals surface area (Å²) in [5.74, 6) is 0.0207. The molecule has 0 saturated carbocycles. The van der Waals surface area contributed by atoms with E-state index in [1.807, 2.05) is 18.2 Å². The second-order valence-corrected chi connectivity index (χ2v) is 5.24. The molecule has 4 nitrogen and oxygen atoms in total. The Labute approximate surface area is 124 Å². The quantitative estimate of drug-likeness (QED) is 0.693. The zero-order valence-electron chi connectivity index (χ0n) is 10.5. The van der Waals surface area contributed by atoms with Crippen molar-refractivity contribution in [2.45, 2.75) is 6.42 Å². The lowest BCUT2D eigenvalue weighted by molar-refractivity contribution is 0.0992. The minimum atomic E-state index is 0.0207. The smallest absolute Gasteiger partial charge is 0.168 e. The standard InChI is InChI=1S/C15H10BrN3O/c16-11-2-3-12(19-9-11)8-15(20)10-1-4-13-14(7-10)18-6-5-17-13/h1-7,9H,8H2. The van der Waals surface area contributed by atoms with Crippen molar-refractivity contribution in [2.24, 2.45) is 0 Å². The van der Waals surface area contributed by atoms with Gasteiger partial charge in [-0.15, -0.1) is 0 Å². The first-order valence-corrected chi connectivity index (χ1v) is 6.86. The summed E-state index contributed by atoms with van der Waals surface area (Å²) < 4.78 is 0.898. The van der Waals surface area contributed by atoms with Crippen LogP contribution < -0.4 is 0 Å². The van der Waals surface area contributed by atoms with Crippen LogP contribution in [0.2, 0.25) is 0 Å². The van der Waals surface area contributed by atoms with E-state index in [2.05, 4.69) is 30.9 Å². The number of hydrogen-bond donors (Lipinski definition) is 0. The van der Waals surface area contributed by atoms with E-state index in [9.17, 15) is 4.79 Å². The number of aromatic nitrogens is 3. The Hall–Kier alpha value is -2.14. The fourth-order valence-electron chi connectivity index (χ4n) is 1.91. The molecular formula is C15H10BrN3O. The van der Waals surface area contributed by atoms with E-state index in [4.69, 9.17) is 0 Å². The number of carbonyl (C=O) groups excluding carboxylic acids is 1. The van der Waals surface area contributed by atoms with Crippen molar-refractivity contribution in [1.29, 1.82) is 0 Å². The first-order chi connectivity index (χ1) is 9.72. The van der Waals surface area contributed by atoms with Gasteiger partial charge in [0.1, 0.15) is 0 Å². The normalized spacial score (nSPS) is 10.7. The number of Topliss-reactive ketones (excluding diaryl/α,β-unsaturated/α-hetero) is 1. The maximum atomic E-state index is 12.2. The zero-order chi connectivity index (χ0) is 13.9. The summed E-state index contributed by atoms with van der Waals surface area (Å²) >= 11 is 3.32. The van der Waals surface area contributed by atoms with E-state index in [0.29, 0.717) is 5.56 Å². The molecule has 20 heavy (non-hydrogen) atoms. The number of carbonyl (C=O) groups is 1. The highest BCUT2D eigenvalue weighted by Gasteiger charge is 2.09. The minimum absolute atomic E-state index is 0.0207. The van der Waals surface area contributed by atoms with Gasteiger partial charge in [0.25, 0.3) is 0 Å². The molecule has 2 aromatic heterocycles. The van der Waals surface area contributed by atoms with Crippen LogP contribution in [-0.2, 0) is 6.42 Å². The van der Waals surface area contributed by atoms with Crippen LogP contribution in [-0.4, -0.2) is 20.7 Å². The number of hydrogen-bond acceptors (Lipinski definition) is 4. The third kappa shape index (κ3) is 2.72. The summed E-state index contributed by atoms with van der Waals surface area (Å²) in [5.41, 5.74) is 2.88. The SMILES string of the molecule is O=C(Cc1ccc(Br)cn1)c1ccc2nccnc2c1. The topological polar surface area (TPSA) is 55.7 Å². The predicted molar refractivity (Wildman–Crippen MR) is 79.5 cm³/mol. The summed E-state index contributed by atoms with van der Waals surface area (Å²) in [6, 6.07) is 9.07. The second kappa shape index (κ2) is 5.46. The molecule has 0 unspecified atom stereocenters. The number of ketones is 1. The first kappa shape index (κ1) is 12.9. The van der Waals surface area contributed by atoms with E-state index < -0.39 is 0 Å². The molecule has 0 fully saturated rings. The van der Waals surface area contributed by atoms with Gasteiger partial charge in [-0.3, -0.25) is 19.7 Å². The first-order valence-electron chi connectivity index (χ1n) is 6.07. The molecule has 0 saturated heterocycles. The van der Waals surface area contributed by atoms with Crippen LogP contribution in [0.1, 0.15) is 16.1 Å². The van der Waals surface area contributed by atoms with E-state index in [-0.39, 0.29) is 12.2 Å². The van der Waals surface area contributed by atoms with Crippen LogP contribution in [0.3, 0.4) is 0 Å². The van der Waals surface area contributed by atoms with Crippen LogP contribution in [0.4, 0.5) is 0 Å². The van der Waals surface area contributed by atoms with Crippen molar-refractivity contribution in [3.05, 3.63) is 64.7 Å². The van der Waals surface area contributed by atoms with Crippen molar-refractivity contribution in [2.75, 3.05) is 0 Å². The van der Waals surface area contributed by atoms with Gasteiger partial charge in [0.2, 0.25) is 0 Å². The Balaban J connectivity index is 1.86. The Morgan fingerprint density at radius 3 is 2.55 bits per heavy atom. The predicted octanol–water partition coefficient (Wildman–Crippen LogP) is 3.21. The molecule has 0 amide bonds. The highest BCUT2D eigenvalue weighted by molar-refractivity contribution is 9.10. The van der Waals surface area contributed by atoms with E-state index in [0.717, 1.165) is 21.2 Å². The lowest BCUT2D eigenvalue weighted by Gasteiger charge is -2.02. The maximum absolute atomic E-state index is 12.2. The molecular weight excluding hydrogens is 318 g/mol.